The van der Waals surface area contributed by atoms with Gasteiger partial charge in [-0.15, -0.1) is 11.3 Å². The van der Waals surface area contributed by atoms with Crippen molar-refractivity contribution in [3.05, 3.63) is 34.5 Å². The molecule has 96 valence electrons. The molecule has 0 amide bonds. The molecule has 0 saturated heterocycles. The number of anilines is 2. The third-order valence-electron chi connectivity index (χ3n) is 2.59. The van der Waals surface area contributed by atoms with Gasteiger partial charge in [0.15, 0.2) is 0 Å². The van der Waals surface area contributed by atoms with E-state index >= 15 is 0 Å². The molecule has 0 radical (unpaired) electrons. The van der Waals surface area contributed by atoms with Crippen molar-refractivity contribution in [1.29, 1.82) is 0 Å². The highest BCUT2D eigenvalue weighted by atomic mass is 32.1. The van der Waals surface area contributed by atoms with Crippen LogP contribution in [0.3, 0.4) is 0 Å². The molecule has 0 saturated carbocycles. The van der Waals surface area contributed by atoms with Crippen LogP contribution in [0, 0.1) is 5.82 Å². The third kappa shape index (κ3) is 2.53. The van der Waals surface area contributed by atoms with Crippen LogP contribution < -0.4 is 15.4 Å². The van der Waals surface area contributed by atoms with Crippen molar-refractivity contribution >= 4 is 22.7 Å². The van der Waals surface area contributed by atoms with E-state index in [1.807, 2.05) is 5.38 Å². The van der Waals surface area contributed by atoms with Crippen molar-refractivity contribution in [2.75, 3.05) is 24.8 Å². The third-order valence-corrected chi connectivity index (χ3v) is 3.23. The van der Waals surface area contributed by atoms with Crippen LogP contribution >= 0.6 is 11.3 Å². The quantitative estimate of drug-likeness (QED) is 0.865. The molecule has 18 heavy (non-hydrogen) atoms. The predicted octanol–water partition coefficient (Wildman–Crippen LogP) is 2.51. The minimum Gasteiger partial charge on any atom is -0.495 e. The summed E-state index contributed by atoms with van der Waals surface area (Å²) < 4.78 is 18.9. The fourth-order valence-corrected chi connectivity index (χ4v) is 2.22. The second kappa shape index (κ2) is 5.22. The van der Waals surface area contributed by atoms with Crippen LogP contribution in [0.25, 0.3) is 0 Å². The summed E-state index contributed by atoms with van der Waals surface area (Å²) in [5, 5.41) is 1.93. The molecule has 0 spiro atoms. The number of nitrogens with zero attached hydrogens (tertiary/aromatic N) is 2. The van der Waals surface area contributed by atoms with Gasteiger partial charge in [0.05, 0.1) is 36.2 Å². The Balaban J connectivity index is 2.26. The Morgan fingerprint density at radius 2 is 2.28 bits per heavy atom. The minimum atomic E-state index is -0.369. The van der Waals surface area contributed by atoms with Crippen LogP contribution in [0.15, 0.2) is 23.0 Å². The highest BCUT2D eigenvalue weighted by Gasteiger charge is 2.13. The van der Waals surface area contributed by atoms with Gasteiger partial charge in [0, 0.05) is 24.6 Å². The number of benzene rings is 1. The van der Waals surface area contributed by atoms with Gasteiger partial charge in [-0.25, -0.2) is 9.37 Å². The summed E-state index contributed by atoms with van der Waals surface area (Å²) in [4.78, 5) is 5.94. The van der Waals surface area contributed by atoms with E-state index in [1.165, 1.54) is 24.5 Å². The van der Waals surface area contributed by atoms with E-state index in [4.69, 9.17) is 10.5 Å². The second-order valence-electron chi connectivity index (χ2n) is 3.88. The second-order valence-corrected chi connectivity index (χ2v) is 4.60. The van der Waals surface area contributed by atoms with Crippen LogP contribution in [0.2, 0.25) is 0 Å². The van der Waals surface area contributed by atoms with Gasteiger partial charge < -0.3 is 15.4 Å². The summed E-state index contributed by atoms with van der Waals surface area (Å²) in [5.74, 6) is 0.0996. The standard InChI is InChI=1S/C12H14FN3OS/c1-16(5-8-6-18-7-15-8)11-4-12(17-2)10(14)3-9(11)13/h3-4,6-7H,5,14H2,1-2H3. The summed E-state index contributed by atoms with van der Waals surface area (Å²) in [6, 6.07) is 2.86. The van der Waals surface area contributed by atoms with Crippen LogP contribution in [-0.2, 0) is 6.54 Å². The molecule has 0 atom stereocenters. The number of rotatable bonds is 4. The van der Waals surface area contributed by atoms with Gasteiger partial charge >= 0.3 is 0 Å². The first kappa shape index (κ1) is 12.6. The van der Waals surface area contributed by atoms with Crippen molar-refractivity contribution in [2.24, 2.45) is 0 Å². The van der Waals surface area contributed by atoms with Crippen molar-refractivity contribution in [1.82, 2.24) is 4.98 Å². The first-order valence-corrected chi connectivity index (χ1v) is 6.27. The molecular formula is C12H14FN3OS. The summed E-state index contributed by atoms with van der Waals surface area (Å²) in [6.45, 7) is 0.535. The number of halogens is 1. The van der Waals surface area contributed by atoms with Crippen molar-refractivity contribution in [3.63, 3.8) is 0 Å². The predicted molar refractivity (Wildman–Crippen MR) is 71.6 cm³/mol. The SMILES string of the molecule is COc1cc(N(C)Cc2cscn2)c(F)cc1N. The number of thiazole rings is 1. The number of hydrogen-bond donors (Lipinski definition) is 1. The topological polar surface area (TPSA) is 51.4 Å². The highest BCUT2D eigenvalue weighted by molar-refractivity contribution is 7.07. The molecule has 2 rings (SSSR count). The zero-order valence-corrected chi connectivity index (χ0v) is 11.0. The highest BCUT2D eigenvalue weighted by Crippen LogP contribution is 2.30. The average Bonchev–Trinajstić information content (AvgIpc) is 2.81. The normalized spacial score (nSPS) is 10.4. The molecule has 2 aromatic rings. The smallest absolute Gasteiger partial charge is 0.148 e. The lowest BCUT2D eigenvalue weighted by Crippen LogP contribution is -2.18. The Morgan fingerprint density at radius 1 is 1.50 bits per heavy atom. The zero-order valence-electron chi connectivity index (χ0n) is 10.2. The monoisotopic (exact) mass is 267 g/mol. The molecule has 0 unspecified atom stereocenters. The van der Waals surface area contributed by atoms with E-state index in [0.717, 1.165) is 5.69 Å². The summed E-state index contributed by atoms with van der Waals surface area (Å²) in [7, 11) is 3.31. The van der Waals surface area contributed by atoms with Gasteiger partial charge in [-0.1, -0.05) is 0 Å². The Morgan fingerprint density at radius 3 is 2.89 bits per heavy atom. The van der Waals surface area contributed by atoms with E-state index in [-0.39, 0.29) is 5.82 Å². The molecule has 0 aliphatic rings. The maximum Gasteiger partial charge on any atom is 0.148 e. The summed E-state index contributed by atoms with van der Waals surface area (Å²) >= 11 is 1.51. The van der Waals surface area contributed by atoms with E-state index in [1.54, 1.807) is 23.5 Å². The maximum absolute atomic E-state index is 13.9. The van der Waals surface area contributed by atoms with E-state index < -0.39 is 0 Å². The molecule has 0 aliphatic heterocycles. The summed E-state index contributed by atoms with van der Waals surface area (Å²) in [6.07, 6.45) is 0. The molecule has 1 aromatic heterocycles. The molecule has 0 aliphatic carbocycles. The Bertz CT molecular complexity index is 530. The number of hydrogen-bond acceptors (Lipinski definition) is 5. The Kier molecular flexibility index (Phi) is 3.66. The van der Waals surface area contributed by atoms with Gasteiger partial charge in [0.1, 0.15) is 11.6 Å². The van der Waals surface area contributed by atoms with Crippen LogP contribution in [0.4, 0.5) is 15.8 Å². The minimum absolute atomic E-state index is 0.292. The van der Waals surface area contributed by atoms with Crippen LogP contribution in [0.1, 0.15) is 5.69 Å². The first-order chi connectivity index (χ1) is 8.61. The largest absolute Gasteiger partial charge is 0.495 e. The molecule has 6 heteroatoms. The lowest BCUT2D eigenvalue weighted by atomic mass is 10.2. The van der Waals surface area contributed by atoms with Crippen molar-refractivity contribution < 1.29 is 9.13 Å². The van der Waals surface area contributed by atoms with Gasteiger partial charge in [0.25, 0.3) is 0 Å². The van der Waals surface area contributed by atoms with Gasteiger partial charge in [-0.3, -0.25) is 0 Å². The van der Waals surface area contributed by atoms with Crippen LogP contribution in [0.5, 0.6) is 5.75 Å². The fraction of sp³-hybridized carbons (Fsp3) is 0.250. The lowest BCUT2D eigenvalue weighted by Gasteiger charge is -2.20. The molecule has 0 bridgehead atoms. The molecule has 0 fully saturated rings. The van der Waals surface area contributed by atoms with E-state index in [2.05, 4.69) is 4.98 Å². The first-order valence-electron chi connectivity index (χ1n) is 5.33. The molecule has 1 aromatic carbocycles. The Labute approximate surface area is 109 Å². The molecule has 1 heterocycles. The van der Waals surface area contributed by atoms with E-state index in [0.29, 0.717) is 23.7 Å². The van der Waals surface area contributed by atoms with Gasteiger partial charge in [-0.2, -0.15) is 0 Å². The number of methoxy groups -OCH3 is 1. The number of nitrogen functional groups attached to an aromatic ring is 1. The van der Waals surface area contributed by atoms with Crippen molar-refractivity contribution in [3.8, 4) is 5.75 Å². The van der Waals surface area contributed by atoms with Gasteiger partial charge in [0.2, 0.25) is 0 Å². The molecule has 4 nitrogen and oxygen atoms in total. The number of nitrogens with two attached hydrogens (primary N) is 1. The van der Waals surface area contributed by atoms with Gasteiger partial charge in [-0.05, 0) is 0 Å². The molecule has 2 N–H and O–H groups in total. The van der Waals surface area contributed by atoms with Crippen molar-refractivity contribution in [2.45, 2.75) is 6.54 Å². The Hall–Kier alpha value is -1.82. The summed E-state index contributed by atoms with van der Waals surface area (Å²) in [5.41, 5.74) is 9.03. The maximum atomic E-state index is 13.9. The fourth-order valence-electron chi connectivity index (χ4n) is 1.67. The molecular weight excluding hydrogens is 253 g/mol. The van der Waals surface area contributed by atoms with Crippen LogP contribution in [-0.4, -0.2) is 19.1 Å². The average molecular weight is 267 g/mol. The number of ether oxygens (including phenoxy) is 1. The zero-order chi connectivity index (χ0) is 13.1. The number of aromatic nitrogens is 1. The van der Waals surface area contributed by atoms with E-state index in [9.17, 15) is 4.39 Å². The lowest BCUT2D eigenvalue weighted by molar-refractivity contribution is 0.416.